The van der Waals surface area contributed by atoms with Gasteiger partial charge in [-0.25, -0.2) is 19.2 Å². The molecule has 2 N–H and O–H groups in total. The van der Waals surface area contributed by atoms with Crippen LogP contribution < -0.4 is 0 Å². The van der Waals surface area contributed by atoms with Gasteiger partial charge in [-0.1, -0.05) is 19.2 Å². The Morgan fingerprint density at radius 2 is 1.68 bits per heavy atom. The van der Waals surface area contributed by atoms with Gasteiger partial charge in [0.2, 0.25) is 0 Å². The number of aromatic carboxylic acids is 1. The van der Waals surface area contributed by atoms with E-state index < -0.39 is 43.2 Å². The van der Waals surface area contributed by atoms with Crippen LogP contribution in [0.4, 0.5) is 0 Å². The topological polar surface area (TPSA) is 136 Å². The monoisotopic (exact) mass is 392 g/mol. The Morgan fingerprint density at radius 1 is 1.07 bits per heavy atom. The predicted molar refractivity (Wildman–Crippen MR) is 95.9 cm³/mol. The maximum Gasteiger partial charge on any atom is 0.339 e. The summed E-state index contributed by atoms with van der Waals surface area (Å²) >= 11 is 0. The molecule has 0 aliphatic heterocycles. The Labute approximate surface area is 160 Å². The van der Waals surface area contributed by atoms with Crippen molar-refractivity contribution in [2.45, 2.75) is 13.0 Å². The molecule has 1 unspecified atom stereocenters. The third-order valence-corrected chi connectivity index (χ3v) is 3.20. The Kier molecular flexibility index (Phi) is 8.57. The van der Waals surface area contributed by atoms with Gasteiger partial charge in [-0.3, -0.25) is 0 Å². The predicted octanol–water partition coefficient (Wildman–Crippen LogP) is 1.36. The van der Waals surface area contributed by atoms with Crippen LogP contribution in [-0.2, 0) is 19.0 Å². The van der Waals surface area contributed by atoms with E-state index in [0.717, 1.165) is 18.2 Å². The first-order valence-electron chi connectivity index (χ1n) is 8.00. The van der Waals surface area contributed by atoms with Gasteiger partial charge in [0.05, 0.1) is 16.7 Å². The van der Waals surface area contributed by atoms with E-state index in [1.165, 1.54) is 13.0 Å². The summed E-state index contributed by atoms with van der Waals surface area (Å²) < 4.78 is 14.5. The molecule has 0 aliphatic rings. The molecule has 28 heavy (non-hydrogen) atoms. The minimum atomic E-state index is -1.33. The minimum absolute atomic E-state index is 0.110. The largest absolute Gasteiger partial charge is 0.478 e. The van der Waals surface area contributed by atoms with Crippen molar-refractivity contribution in [3.05, 3.63) is 59.7 Å². The third-order valence-electron chi connectivity index (χ3n) is 3.20. The van der Waals surface area contributed by atoms with E-state index in [2.05, 4.69) is 13.2 Å². The third kappa shape index (κ3) is 6.69. The number of rotatable bonds is 10. The van der Waals surface area contributed by atoms with Gasteiger partial charge in [0, 0.05) is 5.57 Å². The average Bonchev–Trinajstić information content (AvgIpc) is 2.67. The van der Waals surface area contributed by atoms with Crippen molar-refractivity contribution in [1.82, 2.24) is 0 Å². The fourth-order valence-electron chi connectivity index (χ4n) is 1.83. The van der Waals surface area contributed by atoms with E-state index in [1.54, 1.807) is 0 Å². The van der Waals surface area contributed by atoms with Gasteiger partial charge in [0.25, 0.3) is 0 Å². The number of carbonyl (C=O) groups is 4. The van der Waals surface area contributed by atoms with Crippen molar-refractivity contribution in [1.29, 1.82) is 0 Å². The molecular weight excluding hydrogens is 372 g/mol. The molecule has 0 saturated heterocycles. The number of hydrogen-bond acceptors (Lipinski definition) is 8. The molecule has 0 fully saturated rings. The second-order valence-electron chi connectivity index (χ2n) is 5.58. The molecule has 9 nitrogen and oxygen atoms in total. The highest BCUT2D eigenvalue weighted by atomic mass is 16.6. The maximum absolute atomic E-state index is 12.3. The van der Waals surface area contributed by atoms with E-state index in [0.29, 0.717) is 0 Å². The first-order valence-corrected chi connectivity index (χ1v) is 8.00. The first-order chi connectivity index (χ1) is 13.2. The highest BCUT2D eigenvalue weighted by Crippen LogP contribution is 2.16. The standard InChI is InChI=1S/C19H20O9/c1-4-7-26-18(24)14-6-5-12(16(21)22)8-15(14)19(25)28-10-13(20)9-27-17(23)11(2)3/h4-6,8,13,20H,1-2,7,9-10H2,3H3,(H,21,22). The van der Waals surface area contributed by atoms with Crippen molar-refractivity contribution in [3.63, 3.8) is 0 Å². The van der Waals surface area contributed by atoms with Gasteiger partial charge in [0.15, 0.2) is 0 Å². The molecule has 0 aliphatic carbocycles. The van der Waals surface area contributed by atoms with Gasteiger partial charge in [-0.2, -0.15) is 0 Å². The maximum atomic E-state index is 12.3. The van der Waals surface area contributed by atoms with Crippen molar-refractivity contribution in [2.75, 3.05) is 19.8 Å². The summed E-state index contributed by atoms with van der Waals surface area (Å²) in [6, 6.07) is 3.22. The molecule has 1 rings (SSSR count). The van der Waals surface area contributed by atoms with Crippen LogP contribution in [0.2, 0.25) is 0 Å². The number of carboxylic acids is 1. The second-order valence-corrected chi connectivity index (χ2v) is 5.58. The molecule has 150 valence electrons. The molecular formula is C19H20O9. The first kappa shape index (κ1) is 22.6. The Morgan fingerprint density at radius 3 is 2.25 bits per heavy atom. The van der Waals surface area contributed by atoms with E-state index in [4.69, 9.17) is 19.3 Å². The Bertz CT molecular complexity index is 795. The number of carbonyl (C=O) groups excluding carboxylic acids is 3. The smallest absolute Gasteiger partial charge is 0.339 e. The number of esters is 3. The van der Waals surface area contributed by atoms with Gasteiger partial charge in [0.1, 0.15) is 25.9 Å². The highest BCUT2D eigenvalue weighted by Gasteiger charge is 2.22. The van der Waals surface area contributed by atoms with Crippen LogP contribution in [-0.4, -0.2) is 60.0 Å². The SMILES string of the molecule is C=CCOC(=O)c1ccc(C(=O)O)cc1C(=O)OCC(O)COC(=O)C(=C)C. The van der Waals surface area contributed by atoms with Crippen molar-refractivity contribution in [3.8, 4) is 0 Å². The van der Waals surface area contributed by atoms with Crippen LogP contribution in [0.1, 0.15) is 38.0 Å². The average molecular weight is 392 g/mol. The molecule has 0 radical (unpaired) electrons. The number of aliphatic hydroxyl groups is 1. The summed E-state index contributed by atoms with van der Waals surface area (Å²) in [6.07, 6.45) is -0.00417. The zero-order chi connectivity index (χ0) is 21.3. The Hall–Kier alpha value is -3.46. The van der Waals surface area contributed by atoms with Crippen molar-refractivity contribution < 1.29 is 43.6 Å². The van der Waals surface area contributed by atoms with Crippen LogP contribution >= 0.6 is 0 Å². The normalized spacial score (nSPS) is 11.1. The molecule has 0 aromatic heterocycles. The van der Waals surface area contributed by atoms with Gasteiger partial charge >= 0.3 is 23.9 Å². The van der Waals surface area contributed by atoms with Crippen LogP contribution in [0.5, 0.6) is 0 Å². The number of benzene rings is 1. The van der Waals surface area contributed by atoms with Crippen LogP contribution in [0, 0.1) is 0 Å². The fourth-order valence-corrected chi connectivity index (χ4v) is 1.83. The molecule has 9 heteroatoms. The number of hydrogen-bond donors (Lipinski definition) is 2. The number of ether oxygens (including phenoxy) is 3. The molecule has 1 aromatic carbocycles. The quantitative estimate of drug-likeness (QED) is 0.262. The van der Waals surface area contributed by atoms with E-state index in [9.17, 15) is 24.3 Å². The van der Waals surface area contributed by atoms with Crippen molar-refractivity contribution in [2.24, 2.45) is 0 Å². The molecule has 0 amide bonds. The zero-order valence-electron chi connectivity index (χ0n) is 15.2. The van der Waals surface area contributed by atoms with E-state index in [1.807, 2.05) is 0 Å². The van der Waals surface area contributed by atoms with Crippen molar-refractivity contribution >= 4 is 23.9 Å². The minimum Gasteiger partial charge on any atom is -0.478 e. The summed E-state index contributed by atoms with van der Waals surface area (Å²) in [7, 11) is 0. The zero-order valence-corrected chi connectivity index (χ0v) is 15.2. The van der Waals surface area contributed by atoms with E-state index >= 15 is 0 Å². The summed E-state index contributed by atoms with van der Waals surface area (Å²) in [5.41, 5.74) is -0.666. The summed E-state index contributed by atoms with van der Waals surface area (Å²) in [4.78, 5) is 46.7. The molecule has 0 spiro atoms. The lowest BCUT2D eigenvalue weighted by Crippen LogP contribution is -2.26. The lowest BCUT2D eigenvalue weighted by molar-refractivity contribution is -0.142. The molecule has 0 heterocycles. The van der Waals surface area contributed by atoms with Crippen LogP contribution in [0.25, 0.3) is 0 Å². The van der Waals surface area contributed by atoms with Crippen LogP contribution in [0.15, 0.2) is 43.0 Å². The van der Waals surface area contributed by atoms with Gasteiger partial charge in [-0.15, -0.1) is 0 Å². The lowest BCUT2D eigenvalue weighted by atomic mass is 10.0. The summed E-state index contributed by atoms with van der Waals surface area (Å²) in [5, 5.41) is 18.8. The Balaban J connectivity index is 2.88. The number of aliphatic hydroxyl groups excluding tert-OH is 1. The second kappa shape index (κ2) is 10.6. The molecule has 1 aromatic rings. The summed E-state index contributed by atoms with van der Waals surface area (Å²) in [5.74, 6) is -3.96. The molecule has 0 bridgehead atoms. The molecule has 1 atom stereocenters. The summed E-state index contributed by atoms with van der Waals surface area (Å²) in [6.45, 7) is 7.09. The van der Waals surface area contributed by atoms with Gasteiger partial charge in [-0.05, 0) is 25.1 Å². The lowest BCUT2D eigenvalue weighted by Gasteiger charge is -2.13. The number of carboxylic acid groups (broad SMARTS) is 1. The molecule has 0 saturated carbocycles. The van der Waals surface area contributed by atoms with E-state index in [-0.39, 0.29) is 28.9 Å². The van der Waals surface area contributed by atoms with Crippen LogP contribution in [0.3, 0.4) is 0 Å². The van der Waals surface area contributed by atoms with Gasteiger partial charge < -0.3 is 24.4 Å². The highest BCUT2D eigenvalue weighted by molar-refractivity contribution is 6.05. The fraction of sp³-hybridized carbons (Fsp3) is 0.263.